The normalized spacial score (nSPS) is 23.6. The second kappa shape index (κ2) is 9.48. The third-order valence-corrected chi connectivity index (χ3v) is 9.98. The lowest BCUT2D eigenvalue weighted by molar-refractivity contribution is -0.152. The quantitative estimate of drug-likeness (QED) is 0.468. The third kappa shape index (κ3) is 4.35. The molecule has 1 unspecified atom stereocenters. The van der Waals surface area contributed by atoms with E-state index in [1.165, 1.54) is 23.5 Å². The van der Waals surface area contributed by atoms with Crippen LogP contribution in [0, 0.1) is 0 Å². The number of aliphatic carboxylic acids is 1. The van der Waals surface area contributed by atoms with Gasteiger partial charge in [0, 0.05) is 27.6 Å². The Morgan fingerprint density at radius 1 is 1.09 bits per heavy atom. The molecule has 34 heavy (non-hydrogen) atoms. The maximum Gasteiger partial charge on any atom is 0.322 e. The molecule has 0 saturated carbocycles. The number of carboxylic acids is 1. The summed E-state index contributed by atoms with van der Waals surface area (Å²) in [4.78, 5) is 41.4. The molecule has 1 aromatic heterocycles. The number of carbonyl (C=O) groups is 3. The van der Waals surface area contributed by atoms with Crippen molar-refractivity contribution >= 4 is 52.6 Å². The maximum atomic E-state index is 12.9. The number of rotatable bonds is 7. The Labute approximate surface area is 209 Å². The van der Waals surface area contributed by atoms with Crippen LogP contribution in [0.3, 0.4) is 0 Å². The smallest absolute Gasteiger partial charge is 0.322 e. The van der Waals surface area contributed by atoms with Crippen LogP contribution in [-0.4, -0.2) is 56.3 Å². The summed E-state index contributed by atoms with van der Waals surface area (Å²) in [5.41, 5.74) is 1.88. The number of hydrogen-bond acceptors (Lipinski definition) is 6. The van der Waals surface area contributed by atoms with E-state index in [-0.39, 0.29) is 30.2 Å². The molecular formula is C25H22N2O4S3. The van der Waals surface area contributed by atoms with Crippen molar-refractivity contribution in [3.05, 3.63) is 77.7 Å². The Morgan fingerprint density at radius 2 is 1.85 bits per heavy atom. The molecule has 3 aromatic rings. The maximum absolute atomic E-state index is 12.9. The van der Waals surface area contributed by atoms with Gasteiger partial charge in [-0.2, -0.15) is 0 Å². The van der Waals surface area contributed by atoms with E-state index in [1.54, 1.807) is 16.2 Å². The van der Waals surface area contributed by atoms with Crippen molar-refractivity contribution in [2.24, 2.45) is 0 Å². The van der Waals surface area contributed by atoms with Crippen LogP contribution < -0.4 is 5.32 Å². The Hall–Kier alpha value is -2.75. The van der Waals surface area contributed by atoms with Crippen LogP contribution in [-0.2, 0) is 20.8 Å². The topological polar surface area (TPSA) is 86.7 Å². The number of β-lactam (4-membered cyclic amide) rings is 1. The van der Waals surface area contributed by atoms with Crippen molar-refractivity contribution in [3.8, 4) is 10.4 Å². The summed E-state index contributed by atoms with van der Waals surface area (Å²) in [6.07, 6.45) is 0.205. The monoisotopic (exact) mass is 510 g/mol. The van der Waals surface area contributed by atoms with Gasteiger partial charge in [0.15, 0.2) is 0 Å². The zero-order valence-electron chi connectivity index (χ0n) is 18.0. The van der Waals surface area contributed by atoms with Crippen LogP contribution in [0.5, 0.6) is 0 Å². The number of amides is 2. The van der Waals surface area contributed by atoms with E-state index in [4.69, 9.17) is 0 Å². The van der Waals surface area contributed by atoms with E-state index < -0.39 is 16.8 Å². The minimum atomic E-state index is -1.16. The lowest BCUT2D eigenvalue weighted by Gasteiger charge is -2.53. The predicted molar refractivity (Wildman–Crippen MR) is 136 cm³/mol. The summed E-state index contributed by atoms with van der Waals surface area (Å²) in [5.74, 6) is -1.03. The lowest BCUT2D eigenvalue weighted by atomic mass is 10.0. The summed E-state index contributed by atoms with van der Waals surface area (Å²) >= 11 is 4.34. The summed E-state index contributed by atoms with van der Waals surface area (Å²) in [5, 5.41) is 14.8. The predicted octanol–water partition coefficient (Wildman–Crippen LogP) is 3.97. The SMILES string of the molecule is O=C(Cc1ccccc1)N[C@@H]1C(=O)N2CC(Sc3ccccc3-c3cccs3)(C(=O)O)CS[C@H]12. The standard InChI is InChI=1S/C25H22N2O4S3/c28-20(13-16-7-2-1-3-8-16)26-21-22(29)27-14-25(24(30)31,15-33-23(21)27)34-19-10-5-4-9-17(19)18-11-6-12-32-18/h1-12,21,23H,13-15H2,(H,26,28)(H,30,31)/t21-,23-,25?/m1/s1. The fourth-order valence-corrected chi connectivity index (χ4v) is 8.00. The number of carboxylic acid groups (broad SMARTS) is 1. The van der Waals surface area contributed by atoms with Gasteiger partial charge in [-0.3, -0.25) is 14.4 Å². The number of benzene rings is 2. The molecule has 2 aliphatic rings. The van der Waals surface area contributed by atoms with Crippen LogP contribution in [0.1, 0.15) is 5.56 Å². The molecule has 2 N–H and O–H groups in total. The summed E-state index contributed by atoms with van der Waals surface area (Å²) in [7, 11) is 0. The highest BCUT2D eigenvalue weighted by molar-refractivity contribution is 8.05. The van der Waals surface area contributed by atoms with Crippen molar-refractivity contribution < 1.29 is 19.5 Å². The molecule has 9 heteroatoms. The van der Waals surface area contributed by atoms with Gasteiger partial charge in [0.25, 0.3) is 0 Å². The second-order valence-corrected chi connectivity index (χ2v) is 11.7. The van der Waals surface area contributed by atoms with E-state index in [0.29, 0.717) is 5.75 Å². The highest BCUT2D eigenvalue weighted by Gasteiger charge is 2.58. The number of nitrogens with one attached hydrogen (secondary N) is 1. The molecule has 0 bridgehead atoms. The Morgan fingerprint density at radius 3 is 2.59 bits per heavy atom. The van der Waals surface area contributed by atoms with Crippen LogP contribution >= 0.6 is 34.9 Å². The highest BCUT2D eigenvalue weighted by atomic mass is 32.2. The molecule has 0 radical (unpaired) electrons. The molecule has 3 atom stereocenters. The van der Waals surface area contributed by atoms with Gasteiger partial charge < -0.3 is 15.3 Å². The van der Waals surface area contributed by atoms with E-state index in [9.17, 15) is 19.5 Å². The number of fused-ring (bicyclic) bond motifs is 1. The molecule has 2 aliphatic heterocycles. The van der Waals surface area contributed by atoms with Crippen LogP contribution in [0.15, 0.2) is 77.0 Å². The summed E-state index contributed by atoms with van der Waals surface area (Å²) in [6, 6.07) is 20.5. The molecule has 2 saturated heterocycles. The highest BCUT2D eigenvalue weighted by Crippen LogP contribution is 2.48. The average Bonchev–Trinajstić information content (AvgIpc) is 3.38. The Bertz CT molecular complexity index is 1220. The van der Waals surface area contributed by atoms with Gasteiger partial charge in [-0.25, -0.2) is 0 Å². The molecule has 3 heterocycles. The fraction of sp³-hybridized carbons (Fsp3) is 0.240. The number of thiophene rings is 1. The number of carbonyl (C=O) groups excluding carboxylic acids is 2. The first-order chi connectivity index (χ1) is 16.5. The zero-order chi connectivity index (χ0) is 23.7. The van der Waals surface area contributed by atoms with Crippen molar-refractivity contribution in [1.29, 1.82) is 0 Å². The van der Waals surface area contributed by atoms with Crippen LogP contribution in [0.2, 0.25) is 0 Å². The fourth-order valence-electron chi connectivity index (χ4n) is 4.19. The Kier molecular flexibility index (Phi) is 6.42. The molecule has 5 rings (SSSR count). The molecular weight excluding hydrogens is 488 g/mol. The number of hydrogen-bond donors (Lipinski definition) is 2. The molecule has 0 spiro atoms. The number of thioether (sulfide) groups is 2. The van der Waals surface area contributed by atoms with E-state index in [1.807, 2.05) is 72.1 Å². The van der Waals surface area contributed by atoms with Gasteiger partial charge in [0.1, 0.15) is 16.2 Å². The largest absolute Gasteiger partial charge is 0.480 e. The van der Waals surface area contributed by atoms with Crippen molar-refractivity contribution in [1.82, 2.24) is 10.2 Å². The Balaban J connectivity index is 1.29. The molecule has 2 fully saturated rings. The first-order valence-corrected chi connectivity index (χ1v) is 13.5. The lowest BCUT2D eigenvalue weighted by Crippen LogP contribution is -2.74. The van der Waals surface area contributed by atoms with Crippen LogP contribution in [0.25, 0.3) is 10.4 Å². The minimum absolute atomic E-state index is 0.104. The second-order valence-electron chi connectivity index (χ2n) is 8.25. The molecule has 6 nitrogen and oxygen atoms in total. The third-order valence-electron chi connectivity index (χ3n) is 5.95. The van der Waals surface area contributed by atoms with Gasteiger partial charge in [0.05, 0.1) is 6.42 Å². The first-order valence-electron chi connectivity index (χ1n) is 10.8. The summed E-state index contributed by atoms with van der Waals surface area (Å²) in [6.45, 7) is 0.104. The molecule has 0 aliphatic carbocycles. The van der Waals surface area contributed by atoms with E-state index in [0.717, 1.165) is 20.9 Å². The van der Waals surface area contributed by atoms with E-state index >= 15 is 0 Å². The molecule has 2 amide bonds. The van der Waals surface area contributed by atoms with Crippen LogP contribution in [0.4, 0.5) is 0 Å². The van der Waals surface area contributed by atoms with Gasteiger partial charge >= 0.3 is 5.97 Å². The minimum Gasteiger partial charge on any atom is -0.480 e. The molecule has 174 valence electrons. The van der Waals surface area contributed by atoms with Crippen molar-refractivity contribution in [2.75, 3.05) is 12.3 Å². The number of nitrogens with zero attached hydrogens (tertiary/aromatic N) is 1. The molecule has 2 aromatic carbocycles. The van der Waals surface area contributed by atoms with Gasteiger partial charge in [-0.15, -0.1) is 34.9 Å². The van der Waals surface area contributed by atoms with Gasteiger partial charge in [-0.05, 0) is 23.1 Å². The van der Waals surface area contributed by atoms with E-state index in [2.05, 4.69) is 5.32 Å². The zero-order valence-corrected chi connectivity index (χ0v) is 20.5. The van der Waals surface area contributed by atoms with Crippen molar-refractivity contribution in [3.63, 3.8) is 0 Å². The average molecular weight is 511 g/mol. The van der Waals surface area contributed by atoms with Crippen molar-refractivity contribution in [2.45, 2.75) is 27.5 Å². The van der Waals surface area contributed by atoms with Gasteiger partial charge in [-0.1, -0.05) is 54.6 Å². The first kappa shape index (κ1) is 23.0. The van der Waals surface area contributed by atoms with Gasteiger partial charge in [0.2, 0.25) is 11.8 Å². The summed E-state index contributed by atoms with van der Waals surface area (Å²) < 4.78 is -1.16.